The van der Waals surface area contributed by atoms with Crippen LogP contribution in [0.3, 0.4) is 0 Å². The van der Waals surface area contributed by atoms with Crippen molar-refractivity contribution in [3.05, 3.63) is 23.8 Å². The van der Waals surface area contributed by atoms with E-state index in [-0.39, 0.29) is 0 Å². The molecule has 1 aromatic rings. The van der Waals surface area contributed by atoms with Crippen LogP contribution >= 0.6 is 0 Å². The lowest BCUT2D eigenvalue weighted by Crippen LogP contribution is -2.91. The van der Waals surface area contributed by atoms with Crippen LogP contribution in [0.25, 0.3) is 0 Å². The highest BCUT2D eigenvalue weighted by molar-refractivity contribution is 5.43. The summed E-state index contributed by atoms with van der Waals surface area (Å²) < 4.78 is 10.7. The van der Waals surface area contributed by atoms with Crippen molar-refractivity contribution in [3.63, 3.8) is 0 Å². The first-order chi connectivity index (χ1) is 10.2. The number of ether oxygens (including phenoxy) is 2. The van der Waals surface area contributed by atoms with E-state index in [0.29, 0.717) is 12.0 Å². The number of hydrogen-bond donors (Lipinski definition) is 2. The van der Waals surface area contributed by atoms with Crippen molar-refractivity contribution in [2.45, 2.75) is 43.7 Å². The van der Waals surface area contributed by atoms with E-state index in [4.69, 9.17) is 9.47 Å². The standard InChI is InChI=1S/C17H25NO3/c1-20-14-7-6-12(11-15(14)21-2)16-13-5-3-4-8-17(13,19)9-10-18-16/h6-7,11,13,16,18-19H,3-5,8-10H2,1-2H3/p+1/t13-,16+,17-/m0/s1. The summed E-state index contributed by atoms with van der Waals surface area (Å²) >= 11 is 0. The lowest BCUT2D eigenvalue weighted by atomic mass is 9.67. The molecule has 4 heteroatoms. The van der Waals surface area contributed by atoms with E-state index in [2.05, 4.69) is 17.4 Å². The molecule has 1 aromatic carbocycles. The Labute approximate surface area is 126 Å². The average molecular weight is 292 g/mol. The summed E-state index contributed by atoms with van der Waals surface area (Å²) in [7, 11) is 3.33. The van der Waals surface area contributed by atoms with Crippen LogP contribution in [-0.4, -0.2) is 31.5 Å². The number of aliphatic hydroxyl groups is 1. The number of fused-ring (bicyclic) bond motifs is 1. The topological polar surface area (TPSA) is 55.3 Å². The lowest BCUT2D eigenvalue weighted by molar-refractivity contribution is -0.719. The Morgan fingerprint density at radius 3 is 2.71 bits per heavy atom. The molecule has 1 saturated heterocycles. The third kappa shape index (κ3) is 2.62. The van der Waals surface area contributed by atoms with Crippen LogP contribution in [0.15, 0.2) is 18.2 Å². The number of nitrogens with two attached hydrogens (primary N) is 1. The molecule has 1 saturated carbocycles. The predicted molar refractivity (Wildman–Crippen MR) is 80.6 cm³/mol. The third-order valence-corrected chi connectivity index (χ3v) is 5.29. The van der Waals surface area contributed by atoms with Crippen LogP contribution in [0.2, 0.25) is 0 Å². The largest absolute Gasteiger partial charge is 0.493 e. The SMILES string of the molecule is COc1ccc([C@H]2[NH2+]CC[C@@]3(O)CCCC[C@@H]23)cc1OC. The number of piperidine rings is 1. The number of methoxy groups -OCH3 is 2. The maximum absolute atomic E-state index is 11.0. The van der Waals surface area contributed by atoms with Crippen LogP contribution in [0.5, 0.6) is 11.5 Å². The molecule has 1 aliphatic carbocycles. The smallest absolute Gasteiger partial charge is 0.161 e. The summed E-state index contributed by atoms with van der Waals surface area (Å²) in [5, 5.41) is 13.4. The van der Waals surface area contributed by atoms with Gasteiger partial charge in [0.15, 0.2) is 11.5 Å². The van der Waals surface area contributed by atoms with Gasteiger partial charge in [-0.3, -0.25) is 0 Å². The second-order valence-electron chi connectivity index (χ2n) is 6.37. The fourth-order valence-electron chi connectivity index (χ4n) is 4.18. The molecule has 0 bridgehead atoms. The van der Waals surface area contributed by atoms with Crippen LogP contribution in [0, 0.1) is 5.92 Å². The van der Waals surface area contributed by atoms with E-state index in [1.807, 2.05) is 6.07 Å². The minimum absolute atomic E-state index is 0.323. The molecule has 21 heavy (non-hydrogen) atoms. The summed E-state index contributed by atoms with van der Waals surface area (Å²) in [5.41, 5.74) is 0.767. The second kappa shape index (κ2) is 5.85. The molecule has 1 heterocycles. The molecule has 0 unspecified atom stereocenters. The monoisotopic (exact) mass is 292 g/mol. The van der Waals surface area contributed by atoms with Gasteiger partial charge in [0, 0.05) is 17.9 Å². The zero-order valence-corrected chi connectivity index (χ0v) is 13.0. The van der Waals surface area contributed by atoms with Gasteiger partial charge in [0.2, 0.25) is 0 Å². The zero-order valence-electron chi connectivity index (χ0n) is 13.0. The number of hydrogen-bond acceptors (Lipinski definition) is 3. The van der Waals surface area contributed by atoms with Gasteiger partial charge in [0.25, 0.3) is 0 Å². The van der Waals surface area contributed by atoms with Gasteiger partial charge in [-0.2, -0.15) is 0 Å². The van der Waals surface area contributed by atoms with E-state index < -0.39 is 5.60 Å². The van der Waals surface area contributed by atoms with Gasteiger partial charge in [0.05, 0.1) is 26.4 Å². The fourth-order valence-corrected chi connectivity index (χ4v) is 4.18. The predicted octanol–water partition coefficient (Wildman–Crippen LogP) is 1.63. The summed E-state index contributed by atoms with van der Waals surface area (Å²) in [5.74, 6) is 1.88. The van der Waals surface area contributed by atoms with Gasteiger partial charge in [-0.1, -0.05) is 12.8 Å². The van der Waals surface area contributed by atoms with Crippen molar-refractivity contribution >= 4 is 0 Å². The quantitative estimate of drug-likeness (QED) is 0.890. The van der Waals surface area contributed by atoms with Crippen LogP contribution < -0.4 is 14.8 Å². The highest BCUT2D eigenvalue weighted by Gasteiger charge is 2.48. The summed E-state index contributed by atoms with van der Waals surface area (Å²) in [6.45, 7) is 0.992. The summed E-state index contributed by atoms with van der Waals surface area (Å²) in [6.07, 6.45) is 5.37. The van der Waals surface area contributed by atoms with Crippen molar-refractivity contribution < 1.29 is 19.9 Å². The summed E-state index contributed by atoms with van der Waals surface area (Å²) in [6, 6.07) is 6.48. The van der Waals surface area contributed by atoms with Gasteiger partial charge in [0.1, 0.15) is 6.04 Å². The van der Waals surface area contributed by atoms with Crippen molar-refractivity contribution in [3.8, 4) is 11.5 Å². The number of rotatable bonds is 3. The molecule has 2 aliphatic rings. The van der Waals surface area contributed by atoms with E-state index in [1.165, 1.54) is 12.0 Å². The molecule has 0 aromatic heterocycles. The Kier molecular flexibility index (Phi) is 4.09. The molecule has 116 valence electrons. The van der Waals surface area contributed by atoms with Crippen molar-refractivity contribution in [2.24, 2.45) is 5.92 Å². The molecule has 0 amide bonds. The minimum atomic E-state index is -0.467. The van der Waals surface area contributed by atoms with Crippen LogP contribution in [-0.2, 0) is 0 Å². The average Bonchev–Trinajstić information content (AvgIpc) is 2.53. The molecule has 0 spiro atoms. The molecule has 3 N–H and O–H groups in total. The Balaban J connectivity index is 1.91. The number of quaternary nitrogens is 1. The van der Waals surface area contributed by atoms with Gasteiger partial charge >= 0.3 is 0 Å². The van der Waals surface area contributed by atoms with E-state index in [9.17, 15) is 5.11 Å². The van der Waals surface area contributed by atoms with Crippen molar-refractivity contribution in [2.75, 3.05) is 20.8 Å². The lowest BCUT2D eigenvalue weighted by Gasteiger charge is -2.46. The number of benzene rings is 1. The molecular weight excluding hydrogens is 266 g/mol. The molecular formula is C17H26NO3+. The van der Waals surface area contributed by atoms with Gasteiger partial charge in [-0.05, 0) is 31.0 Å². The molecule has 3 atom stereocenters. The molecule has 4 nitrogen and oxygen atoms in total. The molecule has 0 radical (unpaired) electrons. The van der Waals surface area contributed by atoms with E-state index in [1.54, 1.807) is 14.2 Å². The Bertz CT molecular complexity index is 501. The van der Waals surface area contributed by atoms with Crippen LogP contribution in [0.1, 0.15) is 43.7 Å². The normalized spacial score (nSPS) is 32.3. The molecule has 3 rings (SSSR count). The Morgan fingerprint density at radius 1 is 1.14 bits per heavy atom. The Hall–Kier alpha value is -1.26. The maximum Gasteiger partial charge on any atom is 0.161 e. The maximum atomic E-state index is 11.0. The fraction of sp³-hybridized carbons (Fsp3) is 0.647. The zero-order chi connectivity index (χ0) is 14.9. The highest BCUT2D eigenvalue weighted by atomic mass is 16.5. The summed E-state index contributed by atoms with van der Waals surface area (Å²) in [4.78, 5) is 0. The minimum Gasteiger partial charge on any atom is -0.493 e. The van der Waals surface area contributed by atoms with Gasteiger partial charge in [-0.25, -0.2) is 0 Å². The first-order valence-electron chi connectivity index (χ1n) is 7.95. The highest BCUT2D eigenvalue weighted by Crippen LogP contribution is 2.44. The first-order valence-corrected chi connectivity index (χ1v) is 7.95. The van der Waals surface area contributed by atoms with Gasteiger partial charge in [-0.15, -0.1) is 0 Å². The van der Waals surface area contributed by atoms with Gasteiger partial charge < -0.3 is 19.9 Å². The van der Waals surface area contributed by atoms with Crippen molar-refractivity contribution in [1.29, 1.82) is 0 Å². The first kappa shape index (κ1) is 14.7. The van der Waals surface area contributed by atoms with E-state index >= 15 is 0 Å². The van der Waals surface area contributed by atoms with Crippen LogP contribution in [0.4, 0.5) is 0 Å². The third-order valence-electron chi connectivity index (χ3n) is 5.29. The molecule has 1 aliphatic heterocycles. The second-order valence-corrected chi connectivity index (χ2v) is 6.37. The van der Waals surface area contributed by atoms with Crippen molar-refractivity contribution in [1.82, 2.24) is 0 Å². The van der Waals surface area contributed by atoms with E-state index in [0.717, 1.165) is 43.7 Å². The molecule has 2 fully saturated rings. The Morgan fingerprint density at radius 2 is 1.95 bits per heavy atom.